The minimum atomic E-state index is -0.596. The Labute approximate surface area is 200 Å². The van der Waals surface area contributed by atoms with Gasteiger partial charge in [0, 0.05) is 51.9 Å². The molecule has 5 nitrogen and oxygen atoms in total. The van der Waals surface area contributed by atoms with Gasteiger partial charge in [-0.3, -0.25) is 4.79 Å². The summed E-state index contributed by atoms with van der Waals surface area (Å²) in [5.41, 5.74) is 2.14. The molecule has 1 saturated heterocycles. The van der Waals surface area contributed by atoms with Crippen molar-refractivity contribution in [2.45, 2.75) is 90.3 Å². The lowest BCUT2D eigenvalue weighted by Crippen LogP contribution is -2.51. The molecule has 5 heteroatoms. The maximum Gasteiger partial charge on any atom is 0.222 e. The number of rotatable bonds is 7. The number of hydrogen-bond acceptors (Lipinski definition) is 4. The number of carbonyl (C=O) groups excluding carboxylic acids is 1. The number of amides is 1. The molecule has 0 aromatic heterocycles. The molecule has 2 N–H and O–H groups in total. The summed E-state index contributed by atoms with van der Waals surface area (Å²) in [5.74, 6) is 0.759. The second-order valence-electron chi connectivity index (χ2n) is 12.3. The molecule has 184 valence electrons. The van der Waals surface area contributed by atoms with E-state index in [1.54, 1.807) is 0 Å². The lowest BCUT2D eigenvalue weighted by atomic mass is 9.57. The maximum atomic E-state index is 13.0. The fraction of sp³-hybridized carbons (Fsp3) is 0.750. The molecule has 4 unspecified atom stereocenters. The summed E-state index contributed by atoms with van der Waals surface area (Å²) in [7, 11) is 4.14. The van der Waals surface area contributed by atoms with Crippen LogP contribution in [0.15, 0.2) is 24.3 Å². The minimum Gasteiger partial charge on any atom is -0.390 e. The van der Waals surface area contributed by atoms with Gasteiger partial charge in [0.2, 0.25) is 5.91 Å². The van der Waals surface area contributed by atoms with Crippen molar-refractivity contribution in [1.29, 1.82) is 0 Å². The van der Waals surface area contributed by atoms with Crippen LogP contribution in [0.25, 0.3) is 0 Å². The van der Waals surface area contributed by atoms with E-state index in [4.69, 9.17) is 0 Å². The summed E-state index contributed by atoms with van der Waals surface area (Å²) < 4.78 is 0. The first kappa shape index (κ1) is 24.5. The van der Waals surface area contributed by atoms with Gasteiger partial charge in [0.05, 0.1) is 5.60 Å². The molecule has 1 amide bonds. The molecule has 4 rings (SSSR count). The zero-order valence-electron chi connectivity index (χ0n) is 21.5. The Morgan fingerprint density at radius 2 is 1.76 bits per heavy atom. The minimum absolute atomic E-state index is 0.0741. The van der Waals surface area contributed by atoms with Crippen LogP contribution in [0.2, 0.25) is 0 Å². The molecule has 3 fully saturated rings. The van der Waals surface area contributed by atoms with Gasteiger partial charge in [0.25, 0.3) is 0 Å². The molecule has 1 aromatic carbocycles. The number of likely N-dealkylation sites (tertiary alicyclic amines) is 1. The smallest absolute Gasteiger partial charge is 0.222 e. The first-order valence-corrected chi connectivity index (χ1v) is 13.0. The summed E-state index contributed by atoms with van der Waals surface area (Å²) >= 11 is 0. The SMILES string of the molecule is CN(C)c1ccc(CNC2CC(C)(C)C3CC(C)(O)CCC23CCC(=O)N2CCCC2)cc1. The zero-order chi connectivity index (χ0) is 23.9. The van der Waals surface area contributed by atoms with E-state index in [1.807, 2.05) is 6.92 Å². The topological polar surface area (TPSA) is 55.8 Å². The van der Waals surface area contributed by atoms with Crippen molar-refractivity contribution in [3.8, 4) is 0 Å². The molecule has 0 bridgehead atoms. The van der Waals surface area contributed by atoms with Crippen LogP contribution in [0.5, 0.6) is 0 Å². The maximum absolute atomic E-state index is 13.0. The lowest BCUT2D eigenvalue weighted by molar-refractivity contribution is -0.132. The third-order valence-electron chi connectivity index (χ3n) is 9.10. The van der Waals surface area contributed by atoms with Gasteiger partial charge in [0.15, 0.2) is 0 Å². The van der Waals surface area contributed by atoms with E-state index in [2.05, 4.69) is 67.3 Å². The monoisotopic (exact) mass is 455 g/mol. The van der Waals surface area contributed by atoms with Gasteiger partial charge >= 0.3 is 0 Å². The average Bonchev–Trinajstić information content (AvgIpc) is 3.37. The second kappa shape index (κ2) is 9.22. The van der Waals surface area contributed by atoms with E-state index in [1.165, 1.54) is 11.3 Å². The van der Waals surface area contributed by atoms with Crippen molar-refractivity contribution < 1.29 is 9.90 Å². The van der Waals surface area contributed by atoms with Crippen LogP contribution >= 0.6 is 0 Å². The molecule has 4 atom stereocenters. The van der Waals surface area contributed by atoms with Crippen molar-refractivity contribution in [1.82, 2.24) is 10.2 Å². The molecule has 0 spiro atoms. The van der Waals surface area contributed by atoms with Crippen LogP contribution in [0, 0.1) is 16.7 Å². The predicted molar refractivity (Wildman–Crippen MR) is 135 cm³/mol. The summed E-state index contributed by atoms with van der Waals surface area (Å²) in [6.07, 6.45) is 7.63. The van der Waals surface area contributed by atoms with Crippen LogP contribution in [0.4, 0.5) is 5.69 Å². The summed E-state index contributed by atoms with van der Waals surface area (Å²) in [6, 6.07) is 9.17. The molecular formula is C28H45N3O2. The fourth-order valence-corrected chi connectivity index (χ4v) is 7.13. The fourth-order valence-electron chi connectivity index (χ4n) is 7.13. The van der Waals surface area contributed by atoms with Crippen molar-refractivity contribution in [2.24, 2.45) is 16.7 Å². The van der Waals surface area contributed by atoms with Gasteiger partial charge in [-0.1, -0.05) is 26.0 Å². The van der Waals surface area contributed by atoms with Crippen molar-refractivity contribution >= 4 is 11.6 Å². The molecule has 1 aliphatic heterocycles. The Bertz CT molecular complexity index is 826. The highest BCUT2D eigenvalue weighted by molar-refractivity contribution is 5.76. The number of anilines is 1. The van der Waals surface area contributed by atoms with Gasteiger partial charge in [0.1, 0.15) is 0 Å². The number of benzene rings is 1. The highest BCUT2D eigenvalue weighted by atomic mass is 16.3. The number of aliphatic hydroxyl groups is 1. The Morgan fingerprint density at radius 3 is 2.39 bits per heavy atom. The summed E-state index contributed by atoms with van der Waals surface area (Å²) in [6.45, 7) is 9.47. The van der Waals surface area contributed by atoms with Crippen molar-refractivity contribution in [2.75, 3.05) is 32.1 Å². The number of hydrogen-bond donors (Lipinski definition) is 2. The van der Waals surface area contributed by atoms with Crippen LogP contribution in [-0.2, 0) is 11.3 Å². The molecule has 0 radical (unpaired) electrons. The van der Waals surface area contributed by atoms with Gasteiger partial charge in [-0.25, -0.2) is 0 Å². The molecule has 3 aliphatic rings. The standard InChI is InChI=1S/C28H45N3O2/c1-26(2)19-24(29-20-21-8-10-22(11-9-21)30(4)5)28(15-14-27(3,33)18-23(26)28)13-12-25(32)31-16-6-7-17-31/h8-11,23-24,29,33H,6-7,12-20H2,1-5H3. The molecule has 2 saturated carbocycles. The van der Waals surface area contributed by atoms with Gasteiger partial charge in [-0.15, -0.1) is 0 Å². The van der Waals surface area contributed by atoms with E-state index in [-0.39, 0.29) is 10.8 Å². The number of nitrogens with one attached hydrogen (secondary N) is 1. The Morgan fingerprint density at radius 1 is 1.09 bits per heavy atom. The van der Waals surface area contributed by atoms with Gasteiger partial charge in [-0.05, 0) is 86.3 Å². The van der Waals surface area contributed by atoms with E-state index in [0.717, 1.165) is 64.6 Å². The quantitative estimate of drug-likeness (QED) is 0.632. The second-order valence-corrected chi connectivity index (χ2v) is 12.3. The predicted octanol–water partition coefficient (Wildman–Crippen LogP) is 4.58. The van der Waals surface area contributed by atoms with Crippen LogP contribution in [0.3, 0.4) is 0 Å². The first-order valence-electron chi connectivity index (χ1n) is 13.0. The average molecular weight is 456 g/mol. The van der Waals surface area contributed by atoms with Crippen LogP contribution in [0.1, 0.15) is 77.7 Å². The van der Waals surface area contributed by atoms with E-state index >= 15 is 0 Å². The zero-order valence-corrected chi connectivity index (χ0v) is 21.5. The van der Waals surface area contributed by atoms with Crippen LogP contribution < -0.4 is 10.2 Å². The van der Waals surface area contributed by atoms with Crippen LogP contribution in [-0.4, -0.2) is 54.7 Å². The summed E-state index contributed by atoms with van der Waals surface area (Å²) in [4.78, 5) is 17.2. The number of carbonyl (C=O) groups is 1. The van der Waals surface area contributed by atoms with Gasteiger partial charge < -0.3 is 20.2 Å². The molecular weight excluding hydrogens is 410 g/mol. The number of nitrogens with zero attached hydrogens (tertiary/aromatic N) is 2. The lowest BCUT2D eigenvalue weighted by Gasteiger charge is -2.51. The van der Waals surface area contributed by atoms with Crippen molar-refractivity contribution in [3.05, 3.63) is 29.8 Å². The highest BCUT2D eigenvalue weighted by Crippen LogP contribution is 2.64. The third kappa shape index (κ3) is 5.09. The largest absolute Gasteiger partial charge is 0.390 e. The van der Waals surface area contributed by atoms with E-state index < -0.39 is 5.60 Å². The molecule has 1 aromatic rings. The Balaban J connectivity index is 1.52. The highest BCUT2D eigenvalue weighted by Gasteiger charge is 2.61. The molecule has 2 aliphatic carbocycles. The Kier molecular flexibility index (Phi) is 6.85. The van der Waals surface area contributed by atoms with E-state index in [9.17, 15) is 9.90 Å². The van der Waals surface area contributed by atoms with Crippen molar-refractivity contribution in [3.63, 3.8) is 0 Å². The number of fused-ring (bicyclic) bond motifs is 1. The molecule has 1 heterocycles. The first-order chi connectivity index (χ1) is 15.5. The van der Waals surface area contributed by atoms with Gasteiger partial charge in [-0.2, -0.15) is 0 Å². The third-order valence-corrected chi connectivity index (χ3v) is 9.10. The normalized spacial score (nSPS) is 33.2. The van der Waals surface area contributed by atoms with E-state index in [0.29, 0.717) is 24.3 Å². The molecule has 33 heavy (non-hydrogen) atoms. The Hall–Kier alpha value is -1.59. The summed E-state index contributed by atoms with van der Waals surface area (Å²) in [5, 5.41) is 14.9.